The quantitative estimate of drug-likeness (QED) is 0.420. The summed E-state index contributed by atoms with van der Waals surface area (Å²) in [4.78, 5) is 0.252. The monoisotopic (exact) mass is 441 g/mol. The van der Waals surface area contributed by atoms with Gasteiger partial charge < -0.3 is 0 Å². The van der Waals surface area contributed by atoms with Gasteiger partial charge in [0, 0.05) is 23.9 Å². The SMILES string of the molecule is Cc1ccc(-c2c(-c3ccc(S(C)(=O)=O)cc3)nn(CCc3ccccc3)c2C#N)cc1. The minimum absolute atomic E-state index is 0.252. The number of nitriles is 1. The van der Waals surface area contributed by atoms with E-state index in [0.717, 1.165) is 28.7 Å². The smallest absolute Gasteiger partial charge is 0.175 e. The van der Waals surface area contributed by atoms with Crippen molar-refractivity contribution in [1.82, 2.24) is 9.78 Å². The average molecular weight is 442 g/mol. The van der Waals surface area contributed by atoms with E-state index < -0.39 is 9.84 Å². The normalized spacial score (nSPS) is 11.3. The van der Waals surface area contributed by atoms with Gasteiger partial charge in [0.25, 0.3) is 0 Å². The molecule has 160 valence electrons. The summed E-state index contributed by atoms with van der Waals surface area (Å²) in [6.45, 7) is 2.58. The second-order valence-corrected chi connectivity index (χ2v) is 9.82. The molecule has 0 saturated carbocycles. The van der Waals surface area contributed by atoms with Crippen molar-refractivity contribution in [3.05, 3.63) is 95.7 Å². The first-order valence-electron chi connectivity index (χ1n) is 10.3. The Morgan fingerprint density at radius 2 is 1.53 bits per heavy atom. The second kappa shape index (κ2) is 8.81. The Morgan fingerprint density at radius 3 is 2.12 bits per heavy atom. The van der Waals surface area contributed by atoms with Gasteiger partial charge >= 0.3 is 0 Å². The van der Waals surface area contributed by atoms with Crippen molar-refractivity contribution < 1.29 is 8.42 Å². The molecule has 0 aliphatic carbocycles. The summed E-state index contributed by atoms with van der Waals surface area (Å²) in [6, 6.07) is 27.1. The molecule has 0 fully saturated rings. The van der Waals surface area contributed by atoms with E-state index in [1.807, 2.05) is 49.4 Å². The van der Waals surface area contributed by atoms with Crippen LogP contribution in [0.25, 0.3) is 22.4 Å². The van der Waals surface area contributed by atoms with E-state index in [1.165, 1.54) is 11.8 Å². The van der Waals surface area contributed by atoms with Gasteiger partial charge in [-0.1, -0.05) is 72.3 Å². The number of sulfone groups is 1. The lowest BCUT2D eigenvalue weighted by Crippen LogP contribution is -2.06. The van der Waals surface area contributed by atoms with E-state index in [1.54, 1.807) is 28.9 Å². The van der Waals surface area contributed by atoms with Crippen LogP contribution in [0.15, 0.2) is 83.8 Å². The number of rotatable bonds is 6. The van der Waals surface area contributed by atoms with Crippen LogP contribution in [-0.4, -0.2) is 24.5 Å². The first-order chi connectivity index (χ1) is 15.4. The van der Waals surface area contributed by atoms with Gasteiger partial charge in [-0.25, -0.2) is 8.42 Å². The van der Waals surface area contributed by atoms with E-state index in [4.69, 9.17) is 5.10 Å². The Balaban J connectivity index is 1.83. The van der Waals surface area contributed by atoms with E-state index in [0.29, 0.717) is 17.9 Å². The minimum Gasteiger partial charge on any atom is -0.253 e. The number of hydrogen-bond donors (Lipinski definition) is 0. The highest BCUT2D eigenvalue weighted by molar-refractivity contribution is 7.90. The lowest BCUT2D eigenvalue weighted by atomic mass is 9.98. The van der Waals surface area contributed by atoms with Crippen molar-refractivity contribution in [3.63, 3.8) is 0 Å². The molecule has 0 amide bonds. The molecule has 0 spiro atoms. The van der Waals surface area contributed by atoms with Gasteiger partial charge in [0.2, 0.25) is 0 Å². The highest BCUT2D eigenvalue weighted by Crippen LogP contribution is 2.35. The number of aryl methyl sites for hydroxylation is 3. The summed E-state index contributed by atoms with van der Waals surface area (Å²) in [5.41, 5.74) is 5.88. The fourth-order valence-electron chi connectivity index (χ4n) is 3.67. The van der Waals surface area contributed by atoms with Gasteiger partial charge in [-0.15, -0.1) is 0 Å². The highest BCUT2D eigenvalue weighted by Gasteiger charge is 2.21. The Morgan fingerprint density at radius 1 is 0.906 bits per heavy atom. The lowest BCUT2D eigenvalue weighted by Gasteiger charge is -2.06. The fourth-order valence-corrected chi connectivity index (χ4v) is 4.30. The molecule has 1 aromatic heterocycles. The van der Waals surface area contributed by atoms with Crippen LogP contribution in [0.4, 0.5) is 0 Å². The molecule has 0 radical (unpaired) electrons. The van der Waals surface area contributed by atoms with E-state index in [-0.39, 0.29) is 4.90 Å². The van der Waals surface area contributed by atoms with E-state index in [9.17, 15) is 13.7 Å². The first kappa shape index (κ1) is 21.5. The van der Waals surface area contributed by atoms with E-state index in [2.05, 4.69) is 18.2 Å². The summed E-state index contributed by atoms with van der Waals surface area (Å²) in [7, 11) is -3.29. The van der Waals surface area contributed by atoms with E-state index >= 15 is 0 Å². The summed E-state index contributed by atoms with van der Waals surface area (Å²) in [6.07, 6.45) is 1.93. The maximum Gasteiger partial charge on any atom is 0.175 e. The average Bonchev–Trinajstić information content (AvgIpc) is 3.17. The molecule has 32 heavy (non-hydrogen) atoms. The van der Waals surface area contributed by atoms with Crippen LogP contribution in [0.3, 0.4) is 0 Å². The summed E-state index contributed by atoms with van der Waals surface area (Å²) in [5.74, 6) is 0. The maximum absolute atomic E-state index is 11.9. The van der Waals surface area contributed by atoms with Crippen LogP contribution >= 0.6 is 0 Å². The number of nitrogens with zero attached hydrogens (tertiary/aromatic N) is 3. The van der Waals surface area contributed by atoms with Gasteiger partial charge in [0.05, 0.1) is 4.90 Å². The molecule has 0 N–H and O–H groups in total. The number of hydrogen-bond acceptors (Lipinski definition) is 4. The summed E-state index contributed by atoms with van der Waals surface area (Å²) >= 11 is 0. The lowest BCUT2D eigenvalue weighted by molar-refractivity contribution is 0.602. The third kappa shape index (κ3) is 4.48. The van der Waals surface area contributed by atoms with Crippen LogP contribution in [0.2, 0.25) is 0 Å². The van der Waals surface area contributed by atoms with Crippen molar-refractivity contribution in [2.75, 3.05) is 6.26 Å². The molecule has 3 aromatic carbocycles. The zero-order valence-corrected chi connectivity index (χ0v) is 18.8. The Kier molecular flexibility index (Phi) is 5.93. The second-order valence-electron chi connectivity index (χ2n) is 7.81. The van der Waals surface area contributed by atoms with Crippen molar-refractivity contribution in [1.29, 1.82) is 5.26 Å². The number of benzene rings is 3. The fraction of sp³-hybridized carbons (Fsp3) is 0.154. The predicted octanol–water partition coefficient (Wildman–Crippen LogP) is 5.04. The van der Waals surface area contributed by atoms with Gasteiger partial charge in [-0.05, 0) is 36.6 Å². The topological polar surface area (TPSA) is 75.8 Å². The predicted molar refractivity (Wildman–Crippen MR) is 126 cm³/mol. The van der Waals surface area contributed by atoms with Crippen LogP contribution in [0.1, 0.15) is 16.8 Å². The van der Waals surface area contributed by atoms with Gasteiger partial charge in [-0.3, -0.25) is 4.68 Å². The Hall–Kier alpha value is -3.69. The first-order valence-corrected chi connectivity index (χ1v) is 12.2. The standard InChI is InChI=1S/C26H23N3O2S/c1-19-8-10-21(11-9-19)25-24(18-27)29(17-16-20-6-4-3-5-7-20)28-26(25)22-12-14-23(15-13-22)32(2,30)31/h3-15H,16-17H2,1-2H3. The molecule has 6 heteroatoms. The molecule has 0 aliphatic rings. The summed E-state index contributed by atoms with van der Waals surface area (Å²) < 4.78 is 25.5. The molecule has 0 aliphatic heterocycles. The van der Waals surface area contributed by atoms with Crippen molar-refractivity contribution in [2.24, 2.45) is 0 Å². The molecule has 0 unspecified atom stereocenters. The van der Waals surface area contributed by atoms with Crippen LogP contribution in [0, 0.1) is 18.3 Å². The Bertz CT molecular complexity index is 1380. The molecule has 0 bridgehead atoms. The largest absolute Gasteiger partial charge is 0.253 e. The third-order valence-electron chi connectivity index (χ3n) is 5.41. The van der Waals surface area contributed by atoms with Crippen LogP contribution in [0.5, 0.6) is 0 Å². The Labute approximate surface area is 188 Å². The molecule has 0 saturated heterocycles. The molecular formula is C26H23N3O2S. The third-order valence-corrected chi connectivity index (χ3v) is 6.54. The van der Waals surface area contributed by atoms with Gasteiger partial charge in [-0.2, -0.15) is 10.4 Å². The molecule has 1 heterocycles. The number of aromatic nitrogens is 2. The zero-order chi connectivity index (χ0) is 22.7. The van der Waals surface area contributed by atoms with Crippen molar-refractivity contribution >= 4 is 9.84 Å². The molecule has 4 rings (SSSR count). The molecular weight excluding hydrogens is 418 g/mol. The van der Waals surface area contributed by atoms with Gasteiger partial charge in [0.1, 0.15) is 17.5 Å². The minimum atomic E-state index is -3.29. The van der Waals surface area contributed by atoms with Crippen LogP contribution < -0.4 is 0 Å². The van der Waals surface area contributed by atoms with Gasteiger partial charge in [0.15, 0.2) is 9.84 Å². The summed E-state index contributed by atoms with van der Waals surface area (Å²) in [5, 5.41) is 14.8. The molecule has 5 nitrogen and oxygen atoms in total. The van der Waals surface area contributed by atoms with Crippen molar-refractivity contribution in [2.45, 2.75) is 24.8 Å². The highest BCUT2D eigenvalue weighted by atomic mass is 32.2. The molecule has 0 atom stereocenters. The van der Waals surface area contributed by atoms with Crippen LogP contribution in [-0.2, 0) is 22.8 Å². The zero-order valence-electron chi connectivity index (χ0n) is 18.0. The van der Waals surface area contributed by atoms with Crippen molar-refractivity contribution in [3.8, 4) is 28.5 Å². The maximum atomic E-state index is 11.9. The molecule has 4 aromatic rings.